The molecule has 1 aliphatic heterocycles. The fourth-order valence-corrected chi connectivity index (χ4v) is 3.27. The van der Waals surface area contributed by atoms with E-state index in [1.807, 2.05) is 0 Å². The highest BCUT2D eigenvalue weighted by molar-refractivity contribution is 5.99. The maximum Gasteiger partial charge on any atom is 0.257 e. The van der Waals surface area contributed by atoms with Crippen LogP contribution in [0.2, 0.25) is 0 Å². The highest BCUT2D eigenvalue weighted by Crippen LogP contribution is 2.23. The van der Waals surface area contributed by atoms with E-state index >= 15 is 0 Å². The minimum Gasteiger partial charge on any atom is -0.352 e. The fraction of sp³-hybridized carbons (Fsp3) is 0.421. The molecule has 27 heavy (non-hydrogen) atoms. The van der Waals surface area contributed by atoms with Crippen LogP contribution in [0.15, 0.2) is 30.5 Å². The van der Waals surface area contributed by atoms with E-state index in [0.29, 0.717) is 55.6 Å². The number of aromatic nitrogens is 2. The normalized spacial score (nSPS) is 17.7. The summed E-state index contributed by atoms with van der Waals surface area (Å²) in [6.45, 7) is 2.82. The van der Waals surface area contributed by atoms with Crippen molar-refractivity contribution in [1.29, 1.82) is 0 Å². The summed E-state index contributed by atoms with van der Waals surface area (Å²) < 4.78 is 13.1. The number of aromatic amines is 1. The number of piperazine rings is 1. The van der Waals surface area contributed by atoms with Gasteiger partial charge in [0.25, 0.3) is 5.91 Å². The highest BCUT2D eigenvalue weighted by atomic mass is 19.1. The number of rotatable bonds is 5. The van der Waals surface area contributed by atoms with Crippen LogP contribution < -0.4 is 5.32 Å². The van der Waals surface area contributed by atoms with Crippen molar-refractivity contribution in [2.45, 2.75) is 18.9 Å². The van der Waals surface area contributed by atoms with Gasteiger partial charge in [-0.15, -0.1) is 0 Å². The average molecular weight is 371 g/mol. The van der Waals surface area contributed by atoms with Gasteiger partial charge < -0.3 is 10.2 Å². The third-order valence-corrected chi connectivity index (χ3v) is 4.97. The van der Waals surface area contributed by atoms with Crippen molar-refractivity contribution in [3.05, 3.63) is 41.8 Å². The van der Waals surface area contributed by atoms with Crippen LogP contribution in [0.5, 0.6) is 0 Å². The Balaban J connectivity index is 1.36. The molecule has 142 valence electrons. The van der Waals surface area contributed by atoms with Crippen LogP contribution in [0.4, 0.5) is 4.39 Å². The Morgan fingerprint density at radius 2 is 1.85 bits per heavy atom. The largest absolute Gasteiger partial charge is 0.352 e. The molecule has 7 nitrogen and oxygen atoms in total. The van der Waals surface area contributed by atoms with E-state index in [1.54, 1.807) is 17.0 Å². The summed E-state index contributed by atoms with van der Waals surface area (Å²) in [4.78, 5) is 28.7. The van der Waals surface area contributed by atoms with Gasteiger partial charge in [-0.25, -0.2) is 4.39 Å². The molecule has 0 bridgehead atoms. The predicted molar refractivity (Wildman–Crippen MR) is 97.5 cm³/mol. The number of H-pyrrole nitrogens is 1. The summed E-state index contributed by atoms with van der Waals surface area (Å²) in [5, 5.41) is 9.82. The van der Waals surface area contributed by atoms with Crippen molar-refractivity contribution in [3.63, 3.8) is 0 Å². The molecule has 2 aliphatic rings. The van der Waals surface area contributed by atoms with E-state index in [1.165, 1.54) is 18.3 Å². The van der Waals surface area contributed by atoms with Crippen LogP contribution in [0.1, 0.15) is 23.2 Å². The van der Waals surface area contributed by atoms with Crippen LogP contribution in [0.3, 0.4) is 0 Å². The van der Waals surface area contributed by atoms with Crippen LogP contribution in [-0.4, -0.2) is 70.6 Å². The van der Waals surface area contributed by atoms with Crippen molar-refractivity contribution in [1.82, 2.24) is 25.3 Å². The van der Waals surface area contributed by atoms with E-state index in [2.05, 4.69) is 20.4 Å². The van der Waals surface area contributed by atoms with E-state index in [0.717, 1.165) is 12.8 Å². The van der Waals surface area contributed by atoms with Gasteiger partial charge in [0.1, 0.15) is 5.82 Å². The van der Waals surface area contributed by atoms with Crippen LogP contribution in [0, 0.1) is 5.82 Å². The Kier molecular flexibility index (Phi) is 4.89. The molecule has 2 N–H and O–H groups in total. The first-order chi connectivity index (χ1) is 13.1. The number of nitrogens with one attached hydrogen (secondary N) is 2. The molecule has 2 heterocycles. The topological polar surface area (TPSA) is 81.3 Å². The minimum absolute atomic E-state index is 0.0608. The number of carbonyl (C=O) groups is 2. The molecular weight excluding hydrogens is 349 g/mol. The second-order valence-corrected chi connectivity index (χ2v) is 7.08. The minimum atomic E-state index is -0.326. The van der Waals surface area contributed by atoms with Gasteiger partial charge >= 0.3 is 0 Å². The van der Waals surface area contributed by atoms with E-state index in [9.17, 15) is 14.0 Å². The third kappa shape index (κ3) is 4.16. The van der Waals surface area contributed by atoms with Gasteiger partial charge in [0.2, 0.25) is 5.91 Å². The molecule has 4 rings (SSSR count). The first-order valence-electron chi connectivity index (χ1n) is 9.20. The number of halogens is 1. The molecule has 8 heteroatoms. The monoisotopic (exact) mass is 371 g/mol. The van der Waals surface area contributed by atoms with E-state index in [-0.39, 0.29) is 17.6 Å². The molecule has 0 radical (unpaired) electrons. The quantitative estimate of drug-likeness (QED) is 0.829. The first-order valence-corrected chi connectivity index (χ1v) is 9.20. The number of nitrogens with zero attached hydrogens (tertiary/aromatic N) is 3. The number of hydrogen-bond acceptors (Lipinski definition) is 4. The SMILES string of the molecule is O=C(CN1CCN(C(=O)c2cn[nH]c2-c2ccc(F)cc2)CC1)NC1CC1. The average Bonchev–Trinajstić information content (AvgIpc) is 3.34. The fourth-order valence-electron chi connectivity index (χ4n) is 3.27. The number of benzene rings is 1. The van der Waals surface area contributed by atoms with Crippen molar-refractivity contribution >= 4 is 11.8 Å². The maximum absolute atomic E-state index is 13.1. The van der Waals surface area contributed by atoms with Crippen LogP contribution >= 0.6 is 0 Å². The molecule has 1 aromatic heterocycles. The molecule has 2 fully saturated rings. The molecule has 0 unspecified atom stereocenters. The second-order valence-electron chi connectivity index (χ2n) is 7.08. The lowest BCUT2D eigenvalue weighted by molar-refractivity contribution is -0.122. The van der Waals surface area contributed by atoms with Gasteiger partial charge in [0, 0.05) is 37.8 Å². The zero-order valence-corrected chi connectivity index (χ0v) is 14.9. The lowest BCUT2D eigenvalue weighted by Crippen LogP contribution is -2.51. The van der Waals surface area contributed by atoms with Crippen molar-refractivity contribution in [3.8, 4) is 11.3 Å². The Bertz CT molecular complexity index is 823. The number of hydrogen-bond donors (Lipinski definition) is 2. The molecule has 1 aliphatic carbocycles. The van der Waals surface area contributed by atoms with Crippen LogP contribution in [0.25, 0.3) is 11.3 Å². The Morgan fingerprint density at radius 3 is 2.52 bits per heavy atom. The molecule has 1 saturated heterocycles. The molecule has 1 aromatic carbocycles. The van der Waals surface area contributed by atoms with Crippen molar-refractivity contribution in [2.75, 3.05) is 32.7 Å². The summed E-state index contributed by atoms with van der Waals surface area (Å²) in [6, 6.07) is 6.32. The first kappa shape index (κ1) is 17.7. The highest BCUT2D eigenvalue weighted by Gasteiger charge is 2.28. The Hall–Kier alpha value is -2.74. The molecule has 0 spiro atoms. The van der Waals surface area contributed by atoms with Crippen molar-refractivity contribution in [2.24, 2.45) is 0 Å². The van der Waals surface area contributed by atoms with Gasteiger partial charge in [0.15, 0.2) is 0 Å². The van der Waals surface area contributed by atoms with Gasteiger partial charge in [-0.3, -0.25) is 19.6 Å². The van der Waals surface area contributed by atoms with E-state index in [4.69, 9.17) is 0 Å². The Morgan fingerprint density at radius 1 is 1.15 bits per heavy atom. The summed E-state index contributed by atoms with van der Waals surface area (Å²) >= 11 is 0. The maximum atomic E-state index is 13.1. The molecule has 1 saturated carbocycles. The van der Waals surface area contributed by atoms with Gasteiger partial charge in [-0.1, -0.05) is 0 Å². The summed E-state index contributed by atoms with van der Waals surface area (Å²) in [7, 11) is 0. The lowest BCUT2D eigenvalue weighted by atomic mass is 10.1. The smallest absolute Gasteiger partial charge is 0.257 e. The zero-order chi connectivity index (χ0) is 18.8. The summed E-state index contributed by atoms with van der Waals surface area (Å²) in [5.41, 5.74) is 1.78. The zero-order valence-electron chi connectivity index (χ0n) is 14.9. The number of carbonyl (C=O) groups excluding carboxylic acids is 2. The predicted octanol–water partition coefficient (Wildman–Crippen LogP) is 1.25. The standard InChI is InChI=1S/C19H22FN5O2/c20-14-3-1-13(2-4-14)18-16(11-21-23-18)19(27)25-9-7-24(8-10-25)12-17(26)22-15-5-6-15/h1-4,11,15H,5-10,12H2,(H,21,23)(H,22,26). The van der Waals surface area contributed by atoms with Crippen molar-refractivity contribution < 1.29 is 14.0 Å². The Labute approximate surface area is 156 Å². The van der Waals surface area contributed by atoms with Gasteiger partial charge in [-0.2, -0.15) is 5.10 Å². The molecule has 0 atom stereocenters. The second kappa shape index (κ2) is 7.48. The summed E-state index contributed by atoms with van der Waals surface area (Å²) in [5.74, 6) is -0.371. The van der Waals surface area contributed by atoms with E-state index < -0.39 is 0 Å². The summed E-state index contributed by atoms with van der Waals surface area (Å²) in [6.07, 6.45) is 3.67. The molecular formula is C19H22FN5O2. The van der Waals surface area contributed by atoms with Gasteiger partial charge in [0.05, 0.1) is 24.0 Å². The van der Waals surface area contributed by atoms with Crippen LogP contribution in [-0.2, 0) is 4.79 Å². The third-order valence-electron chi connectivity index (χ3n) is 4.97. The number of amides is 2. The molecule has 2 aromatic rings. The lowest BCUT2D eigenvalue weighted by Gasteiger charge is -2.34. The van der Waals surface area contributed by atoms with Gasteiger partial charge in [-0.05, 0) is 37.1 Å². The molecule has 2 amide bonds.